The topological polar surface area (TPSA) is 40.5 Å². The van der Waals surface area contributed by atoms with Crippen LogP contribution in [0.3, 0.4) is 0 Å². The predicted molar refractivity (Wildman–Crippen MR) is 28.8 cm³/mol. The van der Waals surface area contributed by atoms with Crippen LogP contribution in [-0.2, 0) is 21.7 Å². The Kier molecular flexibility index (Phi) is 1400. The minimum absolute atomic E-state index is 0. The van der Waals surface area contributed by atoms with Gasteiger partial charge in [-0.1, -0.05) is 0 Å². The van der Waals surface area contributed by atoms with E-state index in [1.54, 1.807) is 0 Å². The third-order valence-electron chi connectivity index (χ3n) is 0. The molecule has 0 aliphatic carbocycles. The van der Waals surface area contributed by atoms with Crippen LogP contribution in [-0.4, -0.2) is 30.6 Å². The third-order valence-corrected chi connectivity index (χ3v) is 0. The molecule has 7 heavy (non-hydrogen) atoms. The molecular formula is C2H8O2Si2Ti. The maximum absolute atomic E-state index is 6.81. The number of hydrogen-bond donors (Lipinski definition) is 2. The molecule has 0 saturated heterocycles. The summed E-state index contributed by atoms with van der Waals surface area (Å²) in [6.45, 7) is 0. The van der Waals surface area contributed by atoms with Crippen molar-refractivity contribution in [1.82, 2.24) is 0 Å². The van der Waals surface area contributed by atoms with Crippen molar-refractivity contribution in [2.45, 2.75) is 0 Å². The Balaban J connectivity index is -0.00000000267. The van der Waals surface area contributed by atoms with Crippen LogP contribution in [0.5, 0.6) is 0 Å². The molecule has 0 aliphatic heterocycles. The van der Waals surface area contributed by atoms with E-state index in [2.05, 4.69) is 0 Å². The first kappa shape index (κ1) is 42.8. The minimum Gasteiger partial charge on any atom is -0.433 e. The first-order valence-electron chi connectivity index (χ1n) is 0.447. The molecule has 0 saturated carbocycles. The van der Waals surface area contributed by atoms with Crippen molar-refractivity contribution >= 4 is 21.0 Å². The Labute approximate surface area is 67.3 Å². The predicted octanol–water partition coefficient (Wildman–Crippen LogP) is -0.978. The van der Waals surface area contributed by atoms with Crippen LogP contribution in [0.4, 0.5) is 0 Å². The fourth-order valence-corrected chi connectivity index (χ4v) is 0. The van der Waals surface area contributed by atoms with Crippen LogP contribution in [0.2, 0.25) is 0 Å². The van der Waals surface area contributed by atoms with E-state index in [1.807, 2.05) is 21.0 Å². The molecule has 5 heteroatoms. The standard InChI is InChI=1S/2CH3.2HOSi.Ti/c;;2*1-2;/h2*1H3;2*1H;/q2*-1;;;+2. The van der Waals surface area contributed by atoms with Gasteiger partial charge in [-0.3, -0.25) is 0 Å². The van der Waals surface area contributed by atoms with Gasteiger partial charge in [0.2, 0.25) is 21.0 Å². The van der Waals surface area contributed by atoms with Gasteiger partial charge in [-0.25, -0.2) is 0 Å². The molecule has 0 aromatic rings. The van der Waals surface area contributed by atoms with E-state index in [0.717, 1.165) is 0 Å². The van der Waals surface area contributed by atoms with Gasteiger partial charge in [0, 0.05) is 0 Å². The van der Waals surface area contributed by atoms with Crippen LogP contribution in [0.25, 0.3) is 0 Å². The van der Waals surface area contributed by atoms with Gasteiger partial charge in [-0.2, -0.15) is 0 Å². The molecule has 0 fully saturated rings. The third kappa shape index (κ3) is 159. The van der Waals surface area contributed by atoms with Crippen molar-refractivity contribution in [3.8, 4) is 0 Å². The Morgan fingerprint density at radius 1 is 0.714 bits per heavy atom. The van der Waals surface area contributed by atoms with Gasteiger partial charge in [0.25, 0.3) is 0 Å². The molecule has 40 valence electrons. The summed E-state index contributed by atoms with van der Waals surface area (Å²) in [7, 11) is 3.94. The molecule has 0 aromatic carbocycles. The second-order valence-electron chi connectivity index (χ2n) is 0. The Morgan fingerprint density at radius 3 is 0.714 bits per heavy atom. The van der Waals surface area contributed by atoms with Crippen molar-refractivity contribution in [1.29, 1.82) is 0 Å². The van der Waals surface area contributed by atoms with Crippen LogP contribution in [0, 0.1) is 14.9 Å². The summed E-state index contributed by atoms with van der Waals surface area (Å²) < 4.78 is 0. The van der Waals surface area contributed by atoms with Gasteiger partial charge in [-0.05, 0) is 0 Å². The first-order chi connectivity index (χ1) is 2.00. The largest absolute Gasteiger partial charge is 2.00 e. The molecule has 0 aromatic heterocycles. The molecule has 0 aliphatic rings. The normalized spacial score (nSPS) is 1.71. The molecule has 6 radical (unpaired) electrons. The second-order valence-corrected chi connectivity index (χ2v) is 0. The number of rotatable bonds is 0. The van der Waals surface area contributed by atoms with E-state index in [-0.39, 0.29) is 36.6 Å². The zero-order valence-corrected chi connectivity index (χ0v) is 7.96. The molecule has 0 spiro atoms. The quantitative estimate of drug-likeness (QED) is 0.360. The van der Waals surface area contributed by atoms with Crippen molar-refractivity contribution in [3.63, 3.8) is 0 Å². The summed E-state index contributed by atoms with van der Waals surface area (Å²) >= 11 is 0. The fraction of sp³-hybridized carbons (Fsp3) is 0. The van der Waals surface area contributed by atoms with Crippen LogP contribution in [0.1, 0.15) is 0 Å². The average molecular weight is 168 g/mol. The molecule has 0 heterocycles. The molecule has 0 rings (SSSR count). The van der Waals surface area contributed by atoms with Gasteiger partial charge in [-0.15, -0.1) is 0 Å². The molecular weight excluding hydrogens is 160 g/mol. The van der Waals surface area contributed by atoms with Crippen LogP contribution in [0.15, 0.2) is 0 Å². The van der Waals surface area contributed by atoms with Crippen molar-refractivity contribution in [2.75, 3.05) is 0 Å². The summed E-state index contributed by atoms with van der Waals surface area (Å²) in [6, 6.07) is 0. The van der Waals surface area contributed by atoms with Gasteiger partial charge in [0.1, 0.15) is 0 Å². The fourth-order valence-electron chi connectivity index (χ4n) is 0. The minimum atomic E-state index is 0. The zero-order chi connectivity index (χ0) is 4.00. The van der Waals surface area contributed by atoms with E-state index in [9.17, 15) is 0 Å². The first-order valence-corrected chi connectivity index (χ1v) is 1.34. The van der Waals surface area contributed by atoms with Crippen molar-refractivity contribution in [3.05, 3.63) is 14.9 Å². The molecule has 0 atom stereocenters. The number of hydrogen-bond acceptors (Lipinski definition) is 2. The smallest absolute Gasteiger partial charge is 0.433 e. The van der Waals surface area contributed by atoms with Crippen molar-refractivity contribution < 1.29 is 31.3 Å². The molecule has 0 amide bonds. The maximum Gasteiger partial charge on any atom is 2.00 e. The van der Waals surface area contributed by atoms with E-state index < -0.39 is 0 Å². The van der Waals surface area contributed by atoms with Crippen molar-refractivity contribution in [2.24, 2.45) is 0 Å². The van der Waals surface area contributed by atoms with E-state index in [0.29, 0.717) is 0 Å². The second kappa shape index (κ2) is 228. The Hall–Kier alpha value is 1.07. The Bertz CT molecular complexity index is 13.7. The van der Waals surface area contributed by atoms with Crippen LogP contribution < -0.4 is 0 Å². The molecule has 2 N–H and O–H groups in total. The summed E-state index contributed by atoms with van der Waals surface area (Å²) in [4.78, 5) is 13.6. The summed E-state index contributed by atoms with van der Waals surface area (Å²) in [5.41, 5.74) is 0. The van der Waals surface area contributed by atoms with E-state index in [1.165, 1.54) is 0 Å². The maximum atomic E-state index is 6.81. The van der Waals surface area contributed by atoms with Gasteiger partial charge >= 0.3 is 21.7 Å². The van der Waals surface area contributed by atoms with Crippen LogP contribution >= 0.6 is 0 Å². The summed E-state index contributed by atoms with van der Waals surface area (Å²) in [5, 5.41) is 0. The van der Waals surface area contributed by atoms with Gasteiger partial charge in [0.15, 0.2) is 0 Å². The molecule has 2 nitrogen and oxygen atoms in total. The summed E-state index contributed by atoms with van der Waals surface area (Å²) in [6.07, 6.45) is 0. The Morgan fingerprint density at radius 2 is 0.714 bits per heavy atom. The average Bonchev–Trinajstić information content (AvgIpc) is 1.50. The van der Waals surface area contributed by atoms with E-state index in [4.69, 9.17) is 9.59 Å². The SMILES string of the molecule is O[Si].O[Si].[CH3-].[CH3-].[Ti+2]. The molecule has 0 unspecified atom stereocenters. The van der Waals surface area contributed by atoms with Gasteiger partial charge in [0.05, 0.1) is 0 Å². The monoisotopic (exact) mass is 168 g/mol. The zero-order valence-electron chi connectivity index (χ0n) is 4.39. The molecule has 0 bridgehead atoms. The van der Waals surface area contributed by atoms with Gasteiger partial charge < -0.3 is 24.4 Å². The summed E-state index contributed by atoms with van der Waals surface area (Å²) in [5.74, 6) is 0. The van der Waals surface area contributed by atoms with E-state index >= 15 is 0 Å².